The van der Waals surface area contributed by atoms with Crippen LogP contribution in [0, 0.1) is 18.3 Å². The highest BCUT2D eigenvalue weighted by molar-refractivity contribution is 7.92. The molecule has 0 saturated heterocycles. The van der Waals surface area contributed by atoms with Gasteiger partial charge in [-0.15, -0.1) is 0 Å². The molecule has 11 heteroatoms. The van der Waals surface area contributed by atoms with E-state index in [1.807, 2.05) is 6.92 Å². The molecule has 0 bridgehead atoms. The standard InChI is InChI=1S/C30H37NO9S/c1-21-12-15-25(16-13-21)41(36,37)20-24(31)11-8-18-38-26(32)17-14-23(19-27(33)40-30(2,3)4)29(35)39-28(34)22-9-6-5-7-10-22/h5-7,9-10,12-13,15-16,23,31H,8,11,14,17-20H2,1-4H3. The maximum Gasteiger partial charge on any atom is 0.345 e. The maximum absolute atomic E-state index is 12.7. The highest BCUT2D eigenvalue weighted by Gasteiger charge is 2.29. The molecule has 0 aromatic heterocycles. The molecule has 2 rings (SSSR count). The number of aryl methyl sites for hydroxylation is 1. The van der Waals surface area contributed by atoms with E-state index >= 15 is 0 Å². The highest BCUT2D eigenvalue weighted by atomic mass is 32.2. The molecule has 0 saturated carbocycles. The van der Waals surface area contributed by atoms with Crippen LogP contribution in [-0.2, 0) is 38.4 Å². The summed E-state index contributed by atoms with van der Waals surface area (Å²) < 4.78 is 40.4. The lowest BCUT2D eigenvalue weighted by molar-refractivity contribution is -0.160. The fourth-order valence-electron chi connectivity index (χ4n) is 3.66. The topological polar surface area (TPSA) is 154 Å². The van der Waals surface area contributed by atoms with Crippen molar-refractivity contribution < 1.29 is 41.8 Å². The zero-order valence-electron chi connectivity index (χ0n) is 23.8. The molecule has 1 unspecified atom stereocenters. The van der Waals surface area contributed by atoms with E-state index in [4.69, 9.17) is 19.6 Å². The zero-order chi connectivity index (χ0) is 30.6. The summed E-state index contributed by atoms with van der Waals surface area (Å²) in [4.78, 5) is 49.9. The lowest BCUT2D eigenvalue weighted by atomic mass is 9.99. The number of benzene rings is 2. The summed E-state index contributed by atoms with van der Waals surface area (Å²) in [5, 5.41) is 8.01. The SMILES string of the molecule is Cc1ccc(S(=O)(=O)CC(=N)CCCOC(=O)CCC(CC(=O)OC(C)(C)C)C(=O)OC(=O)c2ccccc2)cc1. The lowest BCUT2D eigenvalue weighted by Crippen LogP contribution is -2.29. The molecule has 0 heterocycles. The van der Waals surface area contributed by atoms with Crippen LogP contribution in [0.2, 0.25) is 0 Å². The summed E-state index contributed by atoms with van der Waals surface area (Å²) in [6.45, 7) is 6.81. The lowest BCUT2D eigenvalue weighted by Gasteiger charge is -2.21. The van der Waals surface area contributed by atoms with Crippen LogP contribution in [-0.4, -0.2) is 56.0 Å². The van der Waals surface area contributed by atoms with Crippen molar-refractivity contribution in [3.63, 3.8) is 0 Å². The number of sulfone groups is 1. The summed E-state index contributed by atoms with van der Waals surface area (Å²) in [7, 11) is -3.64. The van der Waals surface area contributed by atoms with Crippen LogP contribution in [0.5, 0.6) is 0 Å². The number of hydrogen-bond acceptors (Lipinski definition) is 10. The van der Waals surface area contributed by atoms with Crippen molar-refractivity contribution in [3.05, 3.63) is 65.7 Å². The van der Waals surface area contributed by atoms with Crippen molar-refractivity contribution in [2.75, 3.05) is 12.4 Å². The molecule has 41 heavy (non-hydrogen) atoms. The van der Waals surface area contributed by atoms with Crippen LogP contribution in [0.15, 0.2) is 59.5 Å². The van der Waals surface area contributed by atoms with E-state index in [1.165, 1.54) is 24.3 Å². The van der Waals surface area contributed by atoms with Gasteiger partial charge in [0, 0.05) is 12.1 Å². The van der Waals surface area contributed by atoms with Crippen LogP contribution in [0.25, 0.3) is 0 Å². The van der Waals surface area contributed by atoms with Gasteiger partial charge in [0.15, 0.2) is 9.84 Å². The van der Waals surface area contributed by atoms with Crippen molar-refractivity contribution in [3.8, 4) is 0 Å². The maximum atomic E-state index is 12.7. The van der Waals surface area contributed by atoms with Gasteiger partial charge in [0.25, 0.3) is 0 Å². The summed E-state index contributed by atoms with van der Waals surface area (Å²) in [5.74, 6) is -4.72. The summed E-state index contributed by atoms with van der Waals surface area (Å²) >= 11 is 0. The minimum atomic E-state index is -3.64. The molecule has 0 aliphatic carbocycles. The van der Waals surface area contributed by atoms with E-state index in [0.29, 0.717) is 0 Å². The van der Waals surface area contributed by atoms with Crippen LogP contribution in [0.4, 0.5) is 0 Å². The summed E-state index contributed by atoms with van der Waals surface area (Å²) in [5.41, 5.74) is 0.283. The molecule has 222 valence electrons. The number of esters is 4. The van der Waals surface area contributed by atoms with Gasteiger partial charge in [-0.1, -0.05) is 35.9 Å². The Bertz CT molecular complexity index is 1330. The second-order valence-electron chi connectivity index (χ2n) is 10.6. The molecule has 0 radical (unpaired) electrons. The molecule has 2 aromatic rings. The first-order chi connectivity index (χ1) is 19.2. The van der Waals surface area contributed by atoms with Crippen LogP contribution in [0.3, 0.4) is 0 Å². The first-order valence-electron chi connectivity index (χ1n) is 13.2. The largest absolute Gasteiger partial charge is 0.466 e. The number of carbonyl (C=O) groups excluding carboxylic acids is 4. The molecule has 0 amide bonds. The zero-order valence-corrected chi connectivity index (χ0v) is 24.6. The van der Waals surface area contributed by atoms with Gasteiger partial charge in [0.2, 0.25) is 0 Å². The van der Waals surface area contributed by atoms with Gasteiger partial charge in [-0.25, -0.2) is 13.2 Å². The van der Waals surface area contributed by atoms with Crippen molar-refractivity contribution in [1.82, 2.24) is 0 Å². The molecule has 0 fully saturated rings. The molecule has 1 N–H and O–H groups in total. The predicted octanol–water partition coefficient (Wildman–Crippen LogP) is 4.62. The van der Waals surface area contributed by atoms with E-state index < -0.39 is 57.4 Å². The van der Waals surface area contributed by atoms with Gasteiger partial charge in [0.05, 0.1) is 35.2 Å². The Morgan fingerprint density at radius 2 is 1.54 bits per heavy atom. The third kappa shape index (κ3) is 12.5. The fraction of sp³-hybridized carbons (Fsp3) is 0.433. The van der Waals surface area contributed by atoms with E-state index in [2.05, 4.69) is 0 Å². The normalized spacial score (nSPS) is 12.2. The van der Waals surface area contributed by atoms with Gasteiger partial charge in [-0.3, -0.25) is 14.4 Å². The molecule has 0 spiro atoms. The average molecular weight is 588 g/mol. The number of ether oxygens (including phenoxy) is 3. The Kier molecular flexibility index (Phi) is 12.4. The van der Waals surface area contributed by atoms with Gasteiger partial charge < -0.3 is 19.6 Å². The summed E-state index contributed by atoms with van der Waals surface area (Å²) in [6, 6.07) is 14.3. The Morgan fingerprint density at radius 3 is 2.15 bits per heavy atom. The smallest absolute Gasteiger partial charge is 0.345 e. The van der Waals surface area contributed by atoms with Gasteiger partial charge in [-0.05, 0) is 71.2 Å². The van der Waals surface area contributed by atoms with Gasteiger partial charge in [0.1, 0.15) is 5.60 Å². The van der Waals surface area contributed by atoms with E-state index in [-0.39, 0.29) is 48.5 Å². The number of hydrogen-bond donors (Lipinski definition) is 1. The van der Waals surface area contributed by atoms with E-state index in [9.17, 15) is 27.6 Å². The van der Waals surface area contributed by atoms with Gasteiger partial charge >= 0.3 is 23.9 Å². The van der Waals surface area contributed by atoms with Crippen LogP contribution >= 0.6 is 0 Å². The van der Waals surface area contributed by atoms with Crippen molar-refractivity contribution in [1.29, 1.82) is 5.41 Å². The van der Waals surface area contributed by atoms with Crippen molar-refractivity contribution >= 4 is 39.4 Å². The Balaban J connectivity index is 1.85. The molecule has 2 aromatic carbocycles. The highest BCUT2D eigenvalue weighted by Crippen LogP contribution is 2.19. The first-order valence-corrected chi connectivity index (χ1v) is 14.9. The van der Waals surface area contributed by atoms with Gasteiger partial charge in [-0.2, -0.15) is 0 Å². The summed E-state index contributed by atoms with van der Waals surface area (Å²) in [6.07, 6.45) is -0.389. The molecular weight excluding hydrogens is 550 g/mol. The second kappa shape index (κ2) is 15.2. The molecule has 1 atom stereocenters. The average Bonchev–Trinajstić information content (AvgIpc) is 2.88. The Morgan fingerprint density at radius 1 is 0.902 bits per heavy atom. The number of carbonyl (C=O) groups is 4. The first kappa shape index (κ1) is 33.3. The monoisotopic (exact) mass is 587 g/mol. The van der Waals surface area contributed by atoms with E-state index in [0.717, 1.165) is 5.56 Å². The molecular formula is C30H37NO9S. The minimum Gasteiger partial charge on any atom is -0.466 e. The quantitative estimate of drug-likeness (QED) is 0.110. The third-order valence-electron chi connectivity index (χ3n) is 5.70. The van der Waals surface area contributed by atoms with Crippen molar-refractivity contribution in [2.24, 2.45) is 5.92 Å². The van der Waals surface area contributed by atoms with Crippen molar-refractivity contribution in [2.45, 2.75) is 70.3 Å². The number of nitrogens with one attached hydrogen (secondary N) is 1. The Hall–Kier alpha value is -3.86. The minimum absolute atomic E-state index is 0.00937. The van der Waals surface area contributed by atoms with Crippen LogP contribution < -0.4 is 0 Å². The molecule has 10 nitrogen and oxygen atoms in total. The third-order valence-corrected chi connectivity index (χ3v) is 7.42. The van der Waals surface area contributed by atoms with E-state index in [1.54, 1.807) is 51.1 Å². The van der Waals surface area contributed by atoms with Crippen LogP contribution in [0.1, 0.15) is 68.8 Å². The molecule has 0 aliphatic rings. The number of rotatable bonds is 14. The fourth-order valence-corrected chi connectivity index (χ4v) is 4.98. The molecule has 0 aliphatic heterocycles. The Labute approximate surface area is 240 Å². The predicted molar refractivity (Wildman–Crippen MR) is 151 cm³/mol. The second-order valence-corrected chi connectivity index (χ2v) is 12.6.